The van der Waals surface area contributed by atoms with Crippen molar-refractivity contribution in [1.82, 2.24) is 0 Å². The van der Waals surface area contributed by atoms with Crippen LogP contribution >= 0.6 is 11.6 Å². The summed E-state index contributed by atoms with van der Waals surface area (Å²) in [5, 5.41) is 0.740. The third kappa shape index (κ3) is 2.89. The summed E-state index contributed by atoms with van der Waals surface area (Å²) < 4.78 is 5.58. The molecule has 0 bridgehead atoms. The first-order valence-electron chi connectivity index (χ1n) is 5.64. The Morgan fingerprint density at radius 2 is 2.12 bits per heavy atom. The Balaban J connectivity index is 2.27. The second kappa shape index (κ2) is 4.53. The second-order valence-corrected chi connectivity index (χ2v) is 5.27. The number of halogens is 1. The maximum Gasteiger partial charge on any atom is 0.212 e. The number of hydrogen-bond acceptors (Lipinski definition) is 2. The SMILES string of the molecule is C/C(=C\c1ccccc1Cl)C1=NC(C)(C)CO1. The molecule has 3 heteroatoms. The fourth-order valence-corrected chi connectivity index (χ4v) is 1.86. The molecule has 1 aromatic rings. The molecule has 0 aromatic heterocycles. The molecule has 1 aromatic carbocycles. The summed E-state index contributed by atoms with van der Waals surface area (Å²) in [6.45, 7) is 6.74. The zero-order valence-corrected chi connectivity index (χ0v) is 11.1. The Hall–Kier alpha value is -1.28. The molecule has 1 aliphatic rings. The van der Waals surface area contributed by atoms with Gasteiger partial charge < -0.3 is 4.74 Å². The van der Waals surface area contributed by atoms with Crippen LogP contribution < -0.4 is 0 Å². The highest BCUT2D eigenvalue weighted by molar-refractivity contribution is 6.32. The lowest BCUT2D eigenvalue weighted by Crippen LogP contribution is -2.17. The smallest absolute Gasteiger partial charge is 0.212 e. The molecular formula is C14H16ClNO. The van der Waals surface area contributed by atoms with Gasteiger partial charge in [-0.1, -0.05) is 29.8 Å². The molecule has 1 heterocycles. The van der Waals surface area contributed by atoms with Crippen molar-refractivity contribution < 1.29 is 4.74 Å². The highest BCUT2D eigenvalue weighted by atomic mass is 35.5. The largest absolute Gasteiger partial charge is 0.475 e. The Labute approximate surface area is 107 Å². The van der Waals surface area contributed by atoms with E-state index in [1.54, 1.807) is 0 Å². The molecule has 0 N–H and O–H groups in total. The van der Waals surface area contributed by atoms with Crippen molar-refractivity contribution in [3.05, 3.63) is 40.4 Å². The molecule has 2 nitrogen and oxygen atoms in total. The van der Waals surface area contributed by atoms with Crippen molar-refractivity contribution in [2.24, 2.45) is 4.99 Å². The van der Waals surface area contributed by atoms with E-state index in [2.05, 4.69) is 18.8 Å². The molecule has 0 saturated heterocycles. The molecule has 17 heavy (non-hydrogen) atoms. The lowest BCUT2D eigenvalue weighted by molar-refractivity contribution is 0.279. The van der Waals surface area contributed by atoms with Gasteiger partial charge in [0.05, 0.1) is 5.54 Å². The first-order chi connectivity index (χ1) is 7.98. The summed E-state index contributed by atoms with van der Waals surface area (Å²) >= 11 is 6.11. The van der Waals surface area contributed by atoms with Gasteiger partial charge in [0.2, 0.25) is 5.90 Å². The highest BCUT2D eigenvalue weighted by Gasteiger charge is 2.26. The van der Waals surface area contributed by atoms with Gasteiger partial charge in [-0.3, -0.25) is 0 Å². The van der Waals surface area contributed by atoms with Gasteiger partial charge in [-0.2, -0.15) is 0 Å². The van der Waals surface area contributed by atoms with Crippen LogP contribution in [0.2, 0.25) is 5.02 Å². The Kier molecular flexibility index (Phi) is 3.25. The molecule has 0 fully saturated rings. The second-order valence-electron chi connectivity index (χ2n) is 4.87. The average Bonchev–Trinajstić information content (AvgIpc) is 2.62. The monoisotopic (exact) mass is 249 g/mol. The number of nitrogens with zero attached hydrogens (tertiary/aromatic N) is 1. The van der Waals surface area contributed by atoms with Gasteiger partial charge in [0.25, 0.3) is 0 Å². The van der Waals surface area contributed by atoms with E-state index in [0.29, 0.717) is 6.61 Å². The van der Waals surface area contributed by atoms with Crippen molar-refractivity contribution in [3.63, 3.8) is 0 Å². The minimum atomic E-state index is -0.120. The molecule has 90 valence electrons. The normalized spacial score (nSPS) is 18.8. The highest BCUT2D eigenvalue weighted by Crippen LogP contribution is 2.23. The van der Waals surface area contributed by atoms with E-state index in [0.717, 1.165) is 22.1 Å². The number of aliphatic imine (C=N–C) groups is 1. The van der Waals surface area contributed by atoms with E-state index in [4.69, 9.17) is 16.3 Å². The van der Waals surface area contributed by atoms with Gasteiger partial charge in [0.15, 0.2) is 0 Å². The van der Waals surface area contributed by atoms with Gasteiger partial charge in [0, 0.05) is 10.6 Å². The Morgan fingerprint density at radius 3 is 2.71 bits per heavy atom. The minimum Gasteiger partial charge on any atom is -0.475 e. The number of ether oxygens (including phenoxy) is 1. The molecule has 1 aliphatic heterocycles. The van der Waals surface area contributed by atoms with Gasteiger partial charge in [-0.15, -0.1) is 0 Å². The summed E-state index contributed by atoms with van der Waals surface area (Å²) in [6, 6.07) is 7.74. The molecule has 0 spiro atoms. The van der Waals surface area contributed by atoms with Crippen LogP contribution in [0.1, 0.15) is 26.3 Å². The van der Waals surface area contributed by atoms with Gasteiger partial charge in [-0.05, 0) is 38.5 Å². The third-order valence-corrected chi connectivity index (χ3v) is 2.93. The number of hydrogen-bond donors (Lipinski definition) is 0. The van der Waals surface area contributed by atoms with Crippen LogP contribution in [0.25, 0.3) is 6.08 Å². The zero-order chi connectivity index (χ0) is 12.5. The standard InChI is InChI=1S/C14H16ClNO/c1-10(13-16-14(2,3)9-17-13)8-11-6-4-5-7-12(11)15/h4-8H,9H2,1-3H3/b10-8+. The van der Waals surface area contributed by atoms with Gasteiger partial charge in [0.1, 0.15) is 6.61 Å². The number of rotatable bonds is 2. The third-order valence-electron chi connectivity index (χ3n) is 2.58. The van der Waals surface area contributed by atoms with E-state index in [1.165, 1.54) is 0 Å². The van der Waals surface area contributed by atoms with Crippen molar-refractivity contribution in [1.29, 1.82) is 0 Å². The topological polar surface area (TPSA) is 21.6 Å². The van der Waals surface area contributed by atoms with Crippen LogP contribution in [0.3, 0.4) is 0 Å². The molecular weight excluding hydrogens is 234 g/mol. The first-order valence-corrected chi connectivity index (χ1v) is 6.02. The van der Waals surface area contributed by atoms with Gasteiger partial charge in [-0.25, -0.2) is 4.99 Å². The molecule has 0 saturated carbocycles. The summed E-state index contributed by atoms with van der Waals surface area (Å²) in [4.78, 5) is 4.53. The molecule has 0 amide bonds. The van der Waals surface area contributed by atoms with Crippen LogP contribution in [-0.2, 0) is 4.74 Å². The molecule has 0 unspecified atom stereocenters. The fourth-order valence-electron chi connectivity index (χ4n) is 1.67. The van der Waals surface area contributed by atoms with E-state index < -0.39 is 0 Å². The molecule has 0 aliphatic carbocycles. The van der Waals surface area contributed by atoms with E-state index in [-0.39, 0.29) is 5.54 Å². The van der Waals surface area contributed by atoms with Crippen molar-refractivity contribution in [2.75, 3.05) is 6.61 Å². The maximum atomic E-state index is 6.11. The van der Waals surface area contributed by atoms with Gasteiger partial charge >= 0.3 is 0 Å². The van der Waals surface area contributed by atoms with Crippen LogP contribution in [-0.4, -0.2) is 18.0 Å². The quantitative estimate of drug-likeness (QED) is 0.778. The van der Waals surface area contributed by atoms with Crippen molar-refractivity contribution in [2.45, 2.75) is 26.3 Å². The fraction of sp³-hybridized carbons (Fsp3) is 0.357. The van der Waals surface area contributed by atoms with E-state index in [9.17, 15) is 0 Å². The minimum absolute atomic E-state index is 0.120. The first kappa shape index (κ1) is 12.2. The predicted octanol–water partition coefficient (Wildman–Crippen LogP) is 3.95. The van der Waals surface area contributed by atoms with Crippen LogP contribution in [0, 0.1) is 0 Å². The van der Waals surface area contributed by atoms with Crippen LogP contribution in [0.5, 0.6) is 0 Å². The summed E-state index contributed by atoms with van der Waals surface area (Å²) in [7, 11) is 0. The summed E-state index contributed by atoms with van der Waals surface area (Å²) in [6.07, 6.45) is 2.00. The molecule has 0 atom stereocenters. The summed E-state index contributed by atoms with van der Waals surface area (Å²) in [5.41, 5.74) is 1.87. The lowest BCUT2D eigenvalue weighted by atomic mass is 10.1. The lowest BCUT2D eigenvalue weighted by Gasteiger charge is -2.07. The number of benzene rings is 1. The maximum absolute atomic E-state index is 6.11. The molecule has 0 radical (unpaired) electrons. The Bertz CT molecular complexity index is 489. The summed E-state index contributed by atoms with van der Waals surface area (Å²) in [5.74, 6) is 0.718. The van der Waals surface area contributed by atoms with E-state index >= 15 is 0 Å². The zero-order valence-electron chi connectivity index (χ0n) is 10.3. The van der Waals surface area contributed by atoms with E-state index in [1.807, 2.05) is 37.3 Å². The Morgan fingerprint density at radius 1 is 1.41 bits per heavy atom. The average molecular weight is 250 g/mol. The molecule has 2 rings (SSSR count). The van der Waals surface area contributed by atoms with Crippen LogP contribution in [0.4, 0.5) is 0 Å². The predicted molar refractivity (Wildman–Crippen MR) is 72.6 cm³/mol. The van der Waals surface area contributed by atoms with Crippen molar-refractivity contribution in [3.8, 4) is 0 Å². The van der Waals surface area contributed by atoms with Crippen LogP contribution in [0.15, 0.2) is 34.8 Å². The van der Waals surface area contributed by atoms with Crippen molar-refractivity contribution >= 4 is 23.6 Å².